The van der Waals surface area contributed by atoms with E-state index in [1.54, 1.807) is 0 Å². The van der Waals surface area contributed by atoms with E-state index in [-0.39, 0.29) is 17.7 Å². The minimum atomic E-state index is -0.267. The van der Waals surface area contributed by atoms with Gasteiger partial charge in [0.1, 0.15) is 0 Å². The Morgan fingerprint density at radius 3 is 2.68 bits per heavy atom. The predicted molar refractivity (Wildman–Crippen MR) is 117 cm³/mol. The number of fused-ring (bicyclic) bond motifs is 1. The number of aromatic amines is 1. The van der Waals surface area contributed by atoms with Gasteiger partial charge in [0.15, 0.2) is 6.04 Å². The van der Waals surface area contributed by atoms with Gasteiger partial charge in [-0.3, -0.25) is 4.79 Å². The van der Waals surface area contributed by atoms with E-state index in [0.29, 0.717) is 11.6 Å². The molecular formula is C23H31N6O2+. The lowest BCUT2D eigenvalue weighted by molar-refractivity contribution is -0.932. The third-order valence-electron chi connectivity index (χ3n) is 7.04. The number of hydrogen-bond acceptors (Lipinski definition) is 5. The third-order valence-corrected chi connectivity index (χ3v) is 7.04. The molecule has 3 aromatic rings. The van der Waals surface area contributed by atoms with E-state index >= 15 is 0 Å². The molecule has 0 radical (unpaired) electrons. The number of pyridine rings is 1. The monoisotopic (exact) mass is 423 g/mol. The van der Waals surface area contributed by atoms with Crippen LogP contribution in [0.1, 0.15) is 74.0 Å². The Labute approximate surface area is 181 Å². The first-order valence-corrected chi connectivity index (χ1v) is 11.5. The Bertz CT molecular complexity index is 1110. The van der Waals surface area contributed by atoms with E-state index < -0.39 is 0 Å². The molecule has 0 spiro atoms. The van der Waals surface area contributed by atoms with Crippen LogP contribution >= 0.6 is 0 Å². The number of tetrazole rings is 1. The van der Waals surface area contributed by atoms with Gasteiger partial charge in [0.05, 0.1) is 30.8 Å². The lowest BCUT2D eigenvalue weighted by Gasteiger charge is -2.33. The number of H-pyrrole nitrogens is 1. The van der Waals surface area contributed by atoms with Gasteiger partial charge in [-0.15, -0.1) is 5.10 Å². The van der Waals surface area contributed by atoms with Gasteiger partial charge >= 0.3 is 0 Å². The molecule has 8 heteroatoms. The number of aliphatic hydroxyl groups excluding tert-OH is 1. The topological polar surface area (TPSA) is 101 Å². The standard InChI is InChI=1S/C23H30N6O2/c1-15-7-8-16-14-19(23(31)24-20(16)13-15)21(28-11-9-18(30)10-12-28)22-25-26-27-29(22)17-5-3-2-4-6-17/h7-8,13-14,17-18,21,30H,2-6,9-12H2,1H3,(H,24,31)/p+1/t21-/m0/s1. The lowest BCUT2D eigenvalue weighted by atomic mass is 9.94. The molecule has 5 rings (SSSR count). The summed E-state index contributed by atoms with van der Waals surface area (Å²) < 4.78 is 1.99. The molecule has 3 heterocycles. The molecule has 31 heavy (non-hydrogen) atoms. The maximum Gasteiger partial charge on any atom is 0.258 e. The Hall–Kier alpha value is -2.58. The first-order valence-electron chi connectivity index (χ1n) is 11.5. The van der Waals surface area contributed by atoms with Crippen molar-refractivity contribution in [1.82, 2.24) is 25.2 Å². The highest BCUT2D eigenvalue weighted by atomic mass is 16.3. The van der Waals surface area contributed by atoms with Crippen molar-refractivity contribution in [3.8, 4) is 0 Å². The summed E-state index contributed by atoms with van der Waals surface area (Å²) in [6.45, 7) is 3.60. The van der Waals surface area contributed by atoms with E-state index in [2.05, 4.69) is 32.6 Å². The zero-order chi connectivity index (χ0) is 21.4. The van der Waals surface area contributed by atoms with Crippen molar-refractivity contribution in [2.45, 2.75) is 70.1 Å². The molecule has 1 atom stereocenters. The number of piperidine rings is 1. The summed E-state index contributed by atoms with van der Waals surface area (Å²) in [5, 5.41) is 24.0. The van der Waals surface area contributed by atoms with E-state index in [1.807, 2.05) is 23.7 Å². The van der Waals surface area contributed by atoms with Crippen LogP contribution in [0.4, 0.5) is 0 Å². The number of likely N-dealkylation sites (tertiary alicyclic amines) is 1. The van der Waals surface area contributed by atoms with Gasteiger partial charge in [0.25, 0.3) is 5.56 Å². The molecule has 2 aliphatic rings. The zero-order valence-electron chi connectivity index (χ0n) is 18.0. The highest BCUT2D eigenvalue weighted by molar-refractivity contribution is 5.79. The second kappa shape index (κ2) is 8.51. The smallest absolute Gasteiger partial charge is 0.258 e. The Morgan fingerprint density at radius 2 is 1.90 bits per heavy atom. The third kappa shape index (κ3) is 4.02. The van der Waals surface area contributed by atoms with Crippen LogP contribution in [0.2, 0.25) is 0 Å². The number of benzene rings is 1. The highest BCUT2D eigenvalue weighted by Crippen LogP contribution is 2.30. The van der Waals surface area contributed by atoms with Gasteiger partial charge in [0.2, 0.25) is 5.82 Å². The van der Waals surface area contributed by atoms with Crippen LogP contribution < -0.4 is 10.5 Å². The first-order chi connectivity index (χ1) is 15.1. The largest absolute Gasteiger partial charge is 0.393 e. The molecular weight excluding hydrogens is 392 g/mol. The summed E-state index contributed by atoms with van der Waals surface area (Å²) in [6.07, 6.45) is 6.97. The molecule has 2 fully saturated rings. The predicted octanol–water partition coefficient (Wildman–Crippen LogP) is 1.46. The van der Waals surface area contributed by atoms with Crippen LogP contribution in [-0.4, -0.2) is 49.5 Å². The first kappa shape index (κ1) is 20.3. The number of aryl methyl sites for hydroxylation is 1. The maximum absolute atomic E-state index is 13.3. The number of aliphatic hydroxyl groups is 1. The molecule has 0 unspecified atom stereocenters. The lowest BCUT2D eigenvalue weighted by Crippen LogP contribution is -3.14. The number of hydrogen-bond donors (Lipinski definition) is 3. The molecule has 3 N–H and O–H groups in total. The van der Waals surface area contributed by atoms with E-state index in [4.69, 9.17) is 0 Å². The van der Waals surface area contributed by atoms with Crippen molar-refractivity contribution in [3.05, 3.63) is 51.6 Å². The fourth-order valence-corrected chi connectivity index (χ4v) is 5.33. The molecule has 1 aliphatic heterocycles. The molecule has 0 bridgehead atoms. The van der Waals surface area contributed by atoms with E-state index in [1.165, 1.54) is 24.2 Å². The van der Waals surface area contributed by atoms with Crippen LogP contribution in [0.15, 0.2) is 29.1 Å². The van der Waals surface area contributed by atoms with Crippen LogP contribution in [0.3, 0.4) is 0 Å². The average molecular weight is 424 g/mol. The van der Waals surface area contributed by atoms with Crippen molar-refractivity contribution in [2.75, 3.05) is 13.1 Å². The minimum Gasteiger partial charge on any atom is -0.393 e. The number of rotatable bonds is 4. The van der Waals surface area contributed by atoms with Crippen molar-refractivity contribution in [3.63, 3.8) is 0 Å². The second-order valence-electron chi connectivity index (χ2n) is 9.24. The summed E-state index contributed by atoms with van der Waals surface area (Å²) in [5.41, 5.74) is 2.59. The van der Waals surface area contributed by atoms with Gasteiger partial charge in [-0.05, 0) is 53.3 Å². The van der Waals surface area contributed by atoms with Crippen molar-refractivity contribution < 1.29 is 10.0 Å². The fourth-order valence-electron chi connectivity index (χ4n) is 5.33. The highest BCUT2D eigenvalue weighted by Gasteiger charge is 2.37. The SMILES string of the molecule is Cc1ccc2cc([C@@H](c3nnnn3C3CCCCC3)[NH+]3CCC(O)CC3)c(=O)[nH]c2c1. The van der Waals surface area contributed by atoms with E-state index in [9.17, 15) is 9.90 Å². The van der Waals surface area contributed by atoms with Gasteiger partial charge < -0.3 is 15.0 Å². The van der Waals surface area contributed by atoms with Crippen LogP contribution in [0.5, 0.6) is 0 Å². The number of nitrogens with one attached hydrogen (secondary N) is 2. The van der Waals surface area contributed by atoms with Crippen molar-refractivity contribution in [2.24, 2.45) is 0 Å². The Balaban J connectivity index is 1.62. The number of aromatic nitrogens is 5. The molecule has 1 aromatic carbocycles. The molecule has 0 amide bonds. The molecule has 8 nitrogen and oxygen atoms in total. The quantitative estimate of drug-likeness (QED) is 0.590. The molecule has 2 aromatic heterocycles. The van der Waals surface area contributed by atoms with E-state index in [0.717, 1.165) is 61.1 Å². The number of quaternary nitrogens is 1. The number of nitrogens with zero attached hydrogens (tertiary/aromatic N) is 4. The fraction of sp³-hybridized carbons (Fsp3) is 0.565. The van der Waals surface area contributed by atoms with Crippen LogP contribution in [-0.2, 0) is 0 Å². The van der Waals surface area contributed by atoms with Crippen molar-refractivity contribution in [1.29, 1.82) is 0 Å². The summed E-state index contributed by atoms with van der Waals surface area (Å²) >= 11 is 0. The molecule has 164 valence electrons. The molecule has 1 saturated heterocycles. The summed E-state index contributed by atoms with van der Waals surface area (Å²) in [6, 6.07) is 8.18. The van der Waals surface area contributed by atoms with Gasteiger partial charge in [0, 0.05) is 18.4 Å². The van der Waals surface area contributed by atoms with Crippen LogP contribution in [0.25, 0.3) is 10.9 Å². The van der Waals surface area contributed by atoms with Crippen LogP contribution in [0, 0.1) is 6.92 Å². The summed E-state index contributed by atoms with van der Waals surface area (Å²) in [5.74, 6) is 0.773. The Morgan fingerprint density at radius 1 is 1.13 bits per heavy atom. The maximum atomic E-state index is 13.3. The molecule has 1 aliphatic carbocycles. The Kier molecular flexibility index (Phi) is 5.58. The van der Waals surface area contributed by atoms with Gasteiger partial charge in [-0.25, -0.2) is 4.68 Å². The van der Waals surface area contributed by atoms with Crippen molar-refractivity contribution >= 4 is 10.9 Å². The van der Waals surface area contributed by atoms with Gasteiger partial charge in [-0.2, -0.15) is 0 Å². The summed E-state index contributed by atoms with van der Waals surface area (Å²) in [4.78, 5) is 17.6. The minimum absolute atomic E-state index is 0.0834. The zero-order valence-corrected chi connectivity index (χ0v) is 18.0. The summed E-state index contributed by atoms with van der Waals surface area (Å²) in [7, 11) is 0. The van der Waals surface area contributed by atoms with Gasteiger partial charge in [-0.1, -0.05) is 31.4 Å². The molecule has 1 saturated carbocycles. The second-order valence-corrected chi connectivity index (χ2v) is 9.24. The normalized spacial score (nSPS) is 23.8. The average Bonchev–Trinajstić information content (AvgIpc) is 3.26.